The van der Waals surface area contributed by atoms with Crippen molar-refractivity contribution in [1.82, 2.24) is 4.90 Å². The van der Waals surface area contributed by atoms with Crippen LogP contribution in [-0.2, 0) is 9.53 Å². The van der Waals surface area contributed by atoms with E-state index < -0.39 is 0 Å². The summed E-state index contributed by atoms with van der Waals surface area (Å²) in [4.78, 5) is 26.8. The molecule has 1 atom stereocenters. The third-order valence-corrected chi connectivity index (χ3v) is 5.04. The van der Waals surface area contributed by atoms with E-state index in [4.69, 9.17) is 9.47 Å². The number of amides is 2. The number of carbonyl (C=O) groups is 2. The van der Waals surface area contributed by atoms with Crippen molar-refractivity contribution in [1.29, 1.82) is 0 Å². The molecule has 0 radical (unpaired) electrons. The number of aryl methyl sites for hydroxylation is 2. The number of hydrogen-bond acceptors (Lipinski definition) is 4. The Morgan fingerprint density at radius 1 is 1.14 bits per heavy atom. The van der Waals surface area contributed by atoms with Gasteiger partial charge in [-0.3, -0.25) is 9.59 Å². The largest absolute Gasteiger partial charge is 0.490 e. The highest BCUT2D eigenvalue weighted by Gasteiger charge is 2.21. The number of hydrogen-bond donors (Lipinski definition) is 1. The van der Waals surface area contributed by atoms with Crippen LogP contribution in [0, 0.1) is 13.8 Å². The van der Waals surface area contributed by atoms with Crippen molar-refractivity contribution in [3.8, 4) is 5.75 Å². The Hall–Kier alpha value is -2.86. The zero-order valence-electron chi connectivity index (χ0n) is 17.2. The van der Waals surface area contributed by atoms with Gasteiger partial charge < -0.3 is 19.7 Å². The summed E-state index contributed by atoms with van der Waals surface area (Å²) in [6.45, 7) is 5.01. The molecular formula is C23H28N2O4. The van der Waals surface area contributed by atoms with Crippen LogP contribution in [0.2, 0.25) is 0 Å². The highest BCUT2D eigenvalue weighted by Crippen LogP contribution is 2.22. The SMILES string of the molecule is Cc1cccc(C)c1NC(=O)CN(C)C(=O)c1ccccc1OCC1CCCO1. The summed E-state index contributed by atoms with van der Waals surface area (Å²) in [5.74, 6) is 0.00982. The first-order valence-corrected chi connectivity index (χ1v) is 9.90. The number of anilines is 1. The van der Waals surface area contributed by atoms with Crippen molar-refractivity contribution in [2.45, 2.75) is 32.8 Å². The molecule has 0 bridgehead atoms. The van der Waals surface area contributed by atoms with E-state index in [9.17, 15) is 9.59 Å². The standard InChI is InChI=1S/C23H28N2O4/c1-16-8-6-9-17(2)22(16)24-21(26)14-25(3)23(27)19-11-4-5-12-20(19)29-15-18-10-7-13-28-18/h4-6,8-9,11-12,18H,7,10,13-15H2,1-3H3,(H,24,26). The number of carbonyl (C=O) groups excluding carboxylic acids is 2. The molecule has 1 fully saturated rings. The summed E-state index contributed by atoms with van der Waals surface area (Å²) >= 11 is 0. The Labute approximate surface area is 171 Å². The molecule has 1 unspecified atom stereocenters. The lowest BCUT2D eigenvalue weighted by Gasteiger charge is -2.20. The quantitative estimate of drug-likeness (QED) is 0.777. The molecule has 29 heavy (non-hydrogen) atoms. The third kappa shape index (κ3) is 5.35. The molecule has 1 heterocycles. The Morgan fingerprint density at radius 3 is 2.55 bits per heavy atom. The fraction of sp³-hybridized carbons (Fsp3) is 0.391. The monoisotopic (exact) mass is 396 g/mol. The molecule has 1 saturated heterocycles. The van der Waals surface area contributed by atoms with Gasteiger partial charge in [0.1, 0.15) is 12.4 Å². The molecule has 1 aliphatic heterocycles. The maximum absolute atomic E-state index is 12.9. The van der Waals surface area contributed by atoms with Crippen LogP contribution in [-0.4, -0.2) is 49.6 Å². The Bertz CT molecular complexity index is 855. The normalized spacial score (nSPS) is 15.8. The summed E-state index contributed by atoms with van der Waals surface area (Å²) in [5, 5.41) is 2.91. The van der Waals surface area contributed by atoms with Gasteiger partial charge in [-0.15, -0.1) is 0 Å². The van der Waals surface area contributed by atoms with Crippen molar-refractivity contribution < 1.29 is 19.1 Å². The maximum Gasteiger partial charge on any atom is 0.257 e. The van der Waals surface area contributed by atoms with E-state index in [0.29, 0.717) is 17.9 Å². The predicted molar refractivity (Wildman–Crippen MR) is 112 cm³/mol. The lowest BCUT2D eigenvalue weighted by Crippen LogP contribution is -2.35. The first-order valence-electron chi connectivity index (χ1n) is 9.90. The summed E-state index contributed by atoms with van der Waals surface area (Å²) in [6.07, 6.45) is 2.07. The summed E-state index contributed by atoms with van der Waals surface area (Å²) in [6, 6.07) is 12.9. The molecule has 6 heteroatoms. The van der Waals surface area contributed by atoms with Gasteiger partial charge in [-0.25, -0.2) is 0 Å². The van der Waals surface area contributed by atoms with Crippen LogP contribution in [0.15, 0.2) is 42.5 Å². The van der Waals surface area contributed by atoms with Gasteiger partial charge in [0.15, 0.2) is 0 Å². The maximum atomic E-state index is 12.9. The fourth-order valence-electron chi connectivity index (χ4n) is 3.41. The van der Waals surface area contributed by atoms with Gasteiger partial charge in [0, 0.05) is 19.3 Å². The van der Waals surface area contributed by atoms with Gasteiger partial charge >= 0.3 is 0 Å². The highest BCUT2D eigenvalue weighted by atomic mass is 16.5. The van der Waals surface area contributed by atoms with Crippen LogP contribution >= 0.6 is 0 Å². The van der Waals surface area contributed by atoms with E-state index >= 15 is 0 Å². The molecule has 1 N–H and O–H groups in total. The van der Waals surface area contributed by atoms with E-state index in [1.165, 1.54) is 4.90 Å². The molecule has 6 nitrogen and oxygen atoms in total. The highest BCUT2D eigenvalue weighted by molar-refractivity contribution is 6.01. The summed E-state index contributed by atoms with van der Waals surface area (Å²) in [7, 11) is 1.61. The van der Waals surface area contributed by atoms with Crippen molar-refractivity contribution in [2.24, 2.45) is 0 Å². The van der Waals surface area contributed by atoms with Crippen LogP contribution in [0.3, 0.4) is 0 Å². The van der Waals surface area contributed by atoms with Crippen LogP contribution in [0.4, 0.5) is 5.69 Å². The molecular weight excluding hydrogens is 368 g/mol. The minimum atomic E-state index is -0.260. The number of nitrogens with one attached hydrogen (secondary N) is 1. The second-order valence-corrected chi connectivity index (χ2v) is 7.42. The second-order valence-electron chi connectivity index (χ2n) is 7.42. The Morgan fingerprint density at radius 2 is 1.86 bits per heavy atom. The average Bonchev–Trinajstić information content (AvgIpc) is 3.22. The van der Waals surface area contributed by atoms with E-state index in [-0.39, 0.29) is 24.5 Å². The zero-order chi connectivity index (χ0) is 20.8. The third-order valence-electron chi connectivity index (χ3n) is 5.04. The van der Waals surface area contributed by atoms with Crippen LogP contribution < -0.4 is 10.1 Å². The molecule has 0 saturated carbocycles. The van der Waals surface area contributed by atoms with E-state index in [1.54, 1.807) is 25.2 Å². The number of likely N-dealkylation sites (N-methyl/N-ethyl adjacent to an activating group) is 1. The number of para-hydroxylation sites is 2. The first kappa shape index (κ1) is 20.9. The second kappa shape index (κ2) is 9.56. The lowest BCUT2D eigenvalue weighted by atomic mass is 10.1. The summed E-state index contributed by atoms with van der Waals surface area (Å²) in [5.41, 5.74) is 3.20. The smallest absolute Gasteiger partial charge is 0.257 e. The topological polar surface area (TPSA) is 67.9 Å². The van der Waals surface area contributed by atoms with E-state index in [0.717, 1.165) is 36.3 Å². The molecule has 2 amide bonds. The van der Waals surface area contributed by atoms with Crippen molar-refractivity contribution >= 4 is 17.5 Å². The fourth-order valence-corrected chi connectivity index (χ4v) is 3.41. The van der Waals surface area contributed by atoms with E-state index in [2.05, 4.69) is 5.32 Å². The minimum Gasteiger partial charge on any atom is -0.490 e. The summed E-state index contributed by atoms with van der Waals surface area (Å²) < 4.78 is 11.4. The van der Waals surface area contributed by atoms with Crippen molar-refractivity contribution in [2.75, 3.05) is 32.1 Å². The van der Waals surface area contributed by atoms with Crippen LogP contribution in [0.5, 0.6) is 5.75 Å². The van der Waals surface area contributed by atoms with Crippen molar-refractivity contribution in [3.63, 3.8) is 0 Å². The Kier molecular flexibility index (Phi) is 6.88. The van der Waals surface area contributed by atoms with Gasteiger partial charge in [-0.05, 0) is 49.9 Å². The van der Waals surface area contributed by atoms with Gasteiger partial charge in [0.2, 0.25) is 5.91 Å². The van der Waals surface area contributed by atoms with Gasteiger partial charge in [0.05, 0.1) is 18.2 Å². The minimum absolute atomic E-state index is 0.0489. The van der Waals surface area contributed by atoms with Gasteiger partial charge in [0.25, 0.3) is 5.91 Å². The number of nitrogens with zero attached hydrogens (tertiary/aromatic N) is 1. The number of benzene rings is 2. The van der Waals surface area contributed by atoms with Crippen LogP contribution in [0.25, 0.3) is 0 Å². The lowest BCUT2D eigenvalue weighted by molar-refractivity contribution is -0.116. The molecule has 2 aromatic rings. The Balaban J connectivity index is 1.63. The van der Waals surface area contributed by atoms with Gasteiger partial charge in [-0.1, -0.05) is 30.3 Å². The molecule has 3 rings (SSSR count). The predicted octanol–water partition coefficient (Wildman–Crippen LogP) is 3.57. The van der Waals surface area contributed by atoms with Crippen LogP contribution in [0.1, 0.15) is 34.3 Å². The number of ether oxygens (including phenoxy) is 2. The first-order chi connectivity index (χ1) is 14.0. The number of rotatable bonds is 7. The van der Waals surface area contributed by atoms with Gasteiger partial charge in [-0.2, -0.15) is 0 Å². The zero-order valence-corrected chi connectivity index (χ0v) is 17.2. The molecule has 0 spiro atoms. The molecule has 1 aliphatic rings. The van der Waals surface area contributed by atoms with E-state index in [1.807, 2.05) is 38.1 Å². The molecule has 0 aromatic heterocycles. The molecule has 154 valence electrons. The molecule has 0 aliphatic carbocycles. The van der Waals surface area contributed by atoms with Crippen molar-refractivity contribution in [3.05, 3.63) is 59.2 Å². The molecule has 2 aromatic carbocycles. The average molecular weight is 396 g/mol.